The summed E-state index contributed by atoms with van der Waals surface area (Å²) in [5.74, 6) is 0.345. The molecule has 1 amide bonds. The number of aromatic nitrogens is 1. The van der Waals surface area contributed by atoms with E-state index in [1.54, 1.807) is 0 Å². The number of carbonyl (C=O) groups excluding carboxylic acids is 1. The van der Waals surface area contributed by atoms with Gasteiger partial charge in [0.05, 0.1) is 31.6 Å². The molecule has 1 aliphatic heterocycles. The van der Waals surface area contributed by atoms with E-state index in [1.165, 1.54) is 0 Å². The minimum atomic E-state index is -0.228. The third-order valence-electron chi connectivity index (χ3n) is 3.89. The van der Waals surface area contributed by atoms with Crippen LogP contribution < -0.4 is 5.32 Å². The third-order valence-corrected chi connectivity index (χ3v) is 3.89. The van der Waals surface area contributed by atoms with Crippen molar-refractivity contribution >= 4 is 11.8 Å². The summed E-state index contributed by atoms with van der Waals surface area (Å²) in [7, 11) is 0. The number of hydrogen-bond donors (Lipinski definition) is 1. The number of carbonyl (C=O) groups is 1. The maximum absolute atomic E-state index is 12.4. The van der Waals surface area contributed by atoms with E-state index in [9.17, 15) is 4.79 Å². The van der Waals surface area contributed by atoms with Crippen LogP contribution in [0.25, 0.3) is 0 Å². The molecule has 1 fully saturated rings. The highest BCUT2D eigenvalue weighted by molar-refractivity contribution is 5.94. The van der Waals surface area contributed by atoms with Crippen LogP contribution in [0.15, 0.2) is 4.52 Å². The van der Waals surface area contributed by atoms with Gasteiger partial charge in [0.1, 0.15) is 0 Å². The van der Waals surface area contributed by atoms with E-state index in [1.807, 2.05) is 20.8 Å². The second kappa shape index (κ2) is 8.26. The molecule has 1 aliphatic rings. The van der Waals surface area contributed by atoms with Gasteiger partial charge in [-0.15, -0.1) is 0 Å². The molecule has 1 saturated heterocycles. The average molecular weight is 311 g/mol. The fraction of sp³-hybridized carbons (Fsp3) is 0.733. The molecule has 0 spiro atoms. The van der Waals surface area contributed by atoms with Gasteiger partial charge in [-0.3, -0.25) is 15.0 Å². The fourth-order valence-corrected chi connectivity index (χ4v) is 2.45. The summed E-state index contributed by atoms with van der Waals surface area (Å²) in [4.78, 5) is 14.5. The smallest absolute Gasteiger partial charge is 0.243 e. The molecule has 1 unspecified atom stereocenters. The molecule has 22 heavy (non-hydrogen) atoms. The highest BCUT2D eigenvalue weighted by atomic mass is 16.5. The van der Waals surface area contributed by atoms with Gasteiger partial charge in [-0.1, -0.05) is 5.16 Å². The van der Waals surface area contributed by atoms with Gasteiger partial charge in [0.25, 0.3) is 0 Å². The summed E-state index contributed by atoms with van der Waals surface area (Å²) in [6.45, 7) is 9.82. The molecule has 2 rings (SSSR count). The van der Waals surface area contributed by atoms with E-state index < -0.39 is 0 Å². The van der Waals surface area contributed by atoms with E-state index in [-0.39, 0.29) is 11.9 Å². The quantitative estimate of drug-likeness (QED) is 0.763. The normalized spacial score (nSPS) is 17.4. The topological polar surface area (TPSA) is 76.8 Å². The lowest BCUT2D eigenvalue weighted by atomic mass is 10.1. The van der Waals surface area contributed by atoms with Crippen LogP contribution in [-0.4, -0.2) is 61.5 Å². The number of morpholine rings is 1. The van der Waals surface area contributed by atoms with Crippen molar-refractivity contribution in [3.05, 3.63) is 11.3 Å². The SMILES string of the molecule is CCOCCc1c(C)noc1NC(=O)C(C)N1CCOCC1. The number of anilines is 1. The number of aryl methyl sites for hydroxylation is 1. The standard InChI is InChI=1S/C15H25N3O4/c1-4-20-8-5-13-11(2)17-22-15(13)16-14(19)12(3)18-6-9-21-10-7-18/h12H,4-10H2,1-3H3,(H,16,19). The first-order valence-corrected chi connectivity index (χ1v) is 7.79. The van der Waals surface area contributed by atoms with Gasteiger partial charge in [-0.2, -0.15) is 0 Å². The van der Waals surface area contributed by atoms with Crippen LogP contribution in [0.4, 0.5) is 5.88 Å². The second-order valence-corrected chi connectivity index (χ2v) is 5.34. The number of amides is 1. The summed E-state index contributed by atoms with van der Waals surface area (Å²) >= 11 is 0. The van der Waals surface area contributed by atoms with Crippen LogP contribution >= 0.6 is 0 Å². The van der Waals surface area contributed by atoms with Crippen LogP contribution in [-0.2, 0) is 20.7 Å². The number of nitrogens with zero attached hydrogens (tertiary/aromatic N) is 2. The van der Waals surface area contributed by atoms with Crippen molar-refractivity contribution in [1.29, 1.82) is 0 Å². The van der Waals surface area contributed by atoms with Crippen molar-refractivity contribution in [2.75, 3.05) is 44.8 Å². The fourth-order valence-electron chi connectivity index (χ4n) is 2.45. The van der Waals surface area contributed by atoms with E-state index in [4.69, 9.17) is 14.0 Å². The van der Waals surface area contributed by atoms with E-state index in [0.717, 1.165) is 24.3 Å². The predicted molar refractivity (Wildman–Crippen MR) is 81.9 cm³/mol. The lowest BCUT2D eigenvalue weighted by Crippen LogP contribution is -2.47. The molecule has 1 aromatic rings. The van der Waals surface area contributed by atoms with Crippen molar-refractivity contribution in [2.24, 2.45) is 0 Å². The Kier molecular flexibility index (Phi) is 6.35. The molecule has 0 saturated carbocycles. The molecule has 7 nitrogen and oxygen atoms in total. The molecule has 0 aromatic carbocycles. The van der Waals surface area contributed by atoms with Crippen LogP contribution in [0.2, 0.25) is 0 Å². The van der Waals surface area contributed by atoms with Gasteiger partial charge in [-0.25, -0.2) is 0 Å². The molecule has 124 valence electrons. The number of rotatable bonds is 7. The molecule has 0 bridgehead atoms. The molecule has 1 atom stereocenters. The lowest BCUT2D eigenvalue weighted by Gasteiger charge is -2.31. The van der Waals surface area contributed by atoms with E-state index in [2.05, 4.69) is 15.4 Å². The monoisotopic (exact) mass is 311 g/mol. The van der Waals surface area contributed by atoms with Crippen molar-refractivity contribution in [3.63, 3.8) is 0 Å². The number of nitrogens with one attached hydrogen (secondary N) is 1. The van der Waals surface area contributed by atoms with Gasteiger partial charge in [0.2, 0.25) is 11.8 Å². The maximum atomic E-state index is 12.4. The Bertz CT molecular complexity index is 483. The van der Waals surface area contributed by atoms with Crippen LogP contribution in [0, 0.1) is 6.92 Å². The summed E-state index contributed by atoms with van der Waals surface area (Å²) < 4.78 is 15.9. The summed E-state index contributed by atoms with van der Waals surface area (Å²) in [6.07, 6.45) is 0.671. The van der Waals surface area contributed by atoms with Crippen molar-refractivity contribution < 1.29 is 18.8 Å². The molecule has 0 radical (unpaired) electrons. The Labute approximate surface area is 130 Å². The molecular formula is C15H25N3O4. The first kappa shape index (κ1) is 16.9. The highest BCUT2D eigenvalue weighted by Gasteiger charge is 2.25. The van der Waals surface area contributed by atoms with Gasteiger partial charge < -0.3 is 14.0 Å². The Morgan fingerprint density at radius 1 is 1.45 bits per heavy atom. The molecule has 1 aromatic heterocycles. The second-order valence-electron chi connectivity index (χ2n) is 5.34. The Morgan fingerprint density at radius 2 is 2.18 bits per heavy atom. The average Bonchev–Trinajstić information content (AvgIpc) is 2.88. The summed E-state index contributed by atoms with van der Waals surface area (Å²) in [6, 6.07) is -0.228. The van der Waals surface area contributed by atoms with Crippen LogP contribution in [0.5, 0.6) is 0 Å². The minimum Gasteiger partial charge on any atom is -0.381 e. The van der Waals surface area contributed by atoms with Crippen LogP contribution in [0.1, 0.15) is 25.1 Å². The first-order valence-electron chi connectivity index (χ1n) is 7.79. The van der Waals surface area contributed by atoms with Gasteiger partial charge in [0, 0.05) is 31.7 Å². The highest BCUT2D eigenvalue weighted by Crippen LogP contribution is 2.20. The van der Waals surface area contributed by atoms with Gasteiger partial charge in [-0.05, 0) is 20.8 Å². The first-order chi connectivity index (χ1) is 10.6. The zero-order valence-corrected chi connectivity index (χ0v) is 13.6. The molecule has 1 N–H and O–H groups in total. The third kappa shape index (κ3) is 4.28. The largest absolute Gasteiger partial charge is 0.381 e. The van der Waals surface area contributed by atoms with Crippen molar-refractivity contribution in [3.8, 4) is 0 Å². The molecular weight excluding hydrogens is 286 g/mol. The Balaban J connectivity index is 1.95. The molecule has 7 heteroatoms. The maximum Gasteiger partial charge on any atom is 0.243 e. The minimum absolute atomic E-state index is 0.0873. The summed E-state index contributed by atoms with van der Waals surface area (Å²) in [5.41, 5.74) is 1.69. The summed E-state index contributed by atoms with van der Waals surface area (Å²) in [5, 5.41) is 6.79. The molecule has 2 heterocycles. The van der Waals surface area contributed by atoms with E-state index >= 15 is 0 Å². The van der Waals surface area contributed by atoms with Crippen LogP contribution in [0.3, 0.4) is 0 Å². The molecule has 0 aliphatic carbocycles. The van der Waals surface area contributed by atoms with Crippen molar-refractivity contribution in [2.45, 2.75) is 33.2 Å². The van der Waals surface area contributed by atoms with Crippen molar-refractivity contribution in [1.82, 2.24) is 10.1 Å². The Morgan fingerprint density at radius 3 is 2.86 bits per heavy atom. The van der Waals surface area contributed by atoms with Gasteiger partial charge in [0.15, 0.2) is 0 Å². The number of hydrogen-bond acceptors (Lipinski definition) is 6. The zero-order chi connectivity index (χ0) is 15.9. The lowest BCUT2D eigenvalue weighted by molar-refractivity contribution is -0.122. The zero-order valence-electron chi connectivity index (χ0n) is 13.6. The van der Waals surface area contributed by atoms with E-state index in [0.29, 0.717) is 38.7 Å². The number of ether oxygens (including phenoxy) is 2. The Hall–Kier alpha value is -1.44. The predicted octanol–water partition coefficient (Wildman–Crippen LogP) is 1.22. The van der Waals surface area contributed by atoms with Gasteiger partial charge >= 0.3 is 0 Å².